The number of likely N-dealkylation sites (tertiary alicyclic amines) is 1. The molecule has 2 aromatic rings. The molecule has 0 unspecified atom stereocenters. The fourth-order valence-corrected chi connectivity index (χ4v) is 5.74. The number of piperidine rings is 1. The maximum absolute atomic E-state index is 12.8. The van der Waals surface area contributed by atoms with Crippen LogP contribution >= 0.6 is 0 Å². The van der Waals surface area contributed by atoms with Crippen LogP contribution in [0.2, 0.25) is 0 Å². The molecule has 0 saturated carbocycles. The van der Waals surface area contributed by atoms with Crippen LogP contribution in [0, 0.1) is 12.8 Å². The number of imidazole rings is 1. The molecule has 2 aliphatic rings. The third kappa shape index (κ3) is 4.23. The molecular formula is C21H28N4O3S. The van der Waals surface area contributed by atoms with Crippen molar-refractivity contribution in [2.45, 2.75) is 44.0 Å². The number of aromatic nitrogens is 2. The van der Waals surface area contributed by atoms with Gasteiger partial charge < -0.3 is 9.47 Å². The molecule has 156 valence electrons. The van der Waals surface area contributed by atoms with E-state index in [1.54, 1.807) is 24.3 Å². The van der Waals surface area contributed by atoms with E-state index in [1.165, 1.54) is 4.31 Å². The zero-order valence-corrected chi connectivity index (χ0v) is 17.6. The lowest BCUT2D eigenvalue weighted by atomic mass is 9.96. The number of carbonyl (C=O) groups excluding carboxylic acids is 1. The molecule has 8 heteroatoms. The van der Waals surface area contributed by atoms with Crippen molar-refractivity contribution in [1.82, 2.24) is 18.8 Å². The van der Waals surface area contributed by atoms with Crippen LogP contribution in [0.1, 0.15) is 41.9 Å². The number of aryl methyl sites for hydroxylation is 1. The molecule has 2 fully saturated rings. The van der Waals surface area contributed by atoms with E-state index in [-0.39, 0.29) is 10.8 Å². The van der Waals surface area contributed by atoms with Crippen molar-refractivity contribution in [1.29, 1.82) is 0 Å². The maximum Gasteiger partial charge on any atom is 0.253 e. The lowest BCUT2D eigenvalue weighted by Crippen LogP contribution is -2.39. The largest absolute Gasteiger partial charge is 0.339 e. The summed E-state index contributed by atoms with van der Waals surface area (Å²) in [6.45, 7) is 5.56. The van der Waals surface area contributed by atoms with Crippen LogP contribution in [-0.2, 0) is 16.6 Å². The van der Waals surface area contributed by atoms with E-state index < -0.39 is 10.0 Å². The van der Waals surface area contributed by atoms with Crippen LogP contribution < -0.4 is 0 Å². The molecule has 0 radical (unpaired) electrons. The van der Waals surface area contributed by atoms with Gasteiger partial charge in [0.1, 0.15) is 5.82 Å². The van der Waals surface area contributed by atoms with Crippen molar-refractivity contribution in [3.05, 3.63) is 48.0 Å². The molecule has 2 saturated heterocycles. The molecule has 3 heterocycles. The predicted octanol–water partition coefficient (Wildman–Crippen LogP) is 2.53. The quantitative estimate of drug-likeness (QED) is 0.751. The van der Waals surface area contributed by atoms with E-state index in [9.17, 15) is 13.2 Å². The second kappa shape index (κ2) is 8.28. The van der Waals surface area contributed by atoms with E-state index in [0.717, 1.165) is 51.1 Å². The van der Waals surface area contributed by atoms with Crippen LogP contribution in [-0.4, -0.2) is 59.3 Å². The van der Waals surface area contributed by atoms with Gasteiger partial charge in [0.2, 0.25) is 10.0 Å². The molecule has 0 atom stereocenters. The normalized spacial score (nSPS) is 19.0. The number of hydrogen-bond donors (Lipinski definition) is 0. The molecular weight excluding hydrogens is 388 g/mol. The van der Waals surface area contributed by atoms with Gasteiger partial charge in [0, 0.05) is 50.7 Å². The minimum atomic E-state index is -3.44. The Morgan fingerprint density at radius 1 is 1.07 bits per heavy atom. The minimum Gasteiger partial charge on any atom is -0.339 e. The van der Waals surface area contributed by atoms with Gasteiger partial charge >= 0.3 is 0 Å². The summed E-state index contributed by atoms with van der Waals surface area (Å²) in [4.78, 5) is 19.3. The van der Waals surface area contributed by atoms with Crippen LogP contribution in [0.4, 0.5) is 0 Å². The first kappa shape index (κ1) is 20.1. The Hall–Kier alpha value is -2.19. The van der Waals surface area contributed by atoms with Crippen LogP contribution in [0.5, 0.6) is 0 Å². The van der Waals surface area contributed by atoms with E-state index in [0.29, 0.717) is 24.6 Å². The number of hydrogen-bond acceptors (Lipinski definition) is 4. The molecule has 2 aliphatic heterocycles. The second-order valence-corrected chi connectivity index (χ2v) is 9.94. The molecule has 0 N–H and O–H groups in total. The average molecular weight is 417 g/mol. The monoisotopic (exact) mass is 416 g/mol. The molecule has 0 bridgehead atoms. The van der Waals surface area contributed by atoms with Gasteiger partial charge in [-0.25, -0.2) is 13.4 Å². The van der Waals surface area contributed by atoms with Crippen molar-refractivity contribution >= 4 is 15.9 Å². The van der Waals surface area contributed by atoms with E-state index in [4.69, 9.17) is 0 Å². The summed E-state index contributed by atoms with van der Waals surface area (Å²) in [5.74, 6) is 1.54. The lowest BCUT2D eigenvalue weighted by molar-refractivity contribution is 0.0682. The number of rotatable bonds is 5. The number of nitrogens with zero attached hydrogens (tertiary/aromatic N) is 4. The summed E-state index contributed by atoms with van der Waals surface area (Å²) in [5, 5.41) is 0. The third-order valence-electron chi connectivity index (χ3n) is 6.08. The Bertz CT molecular complexity index is 954. The van der Waals surface area contributed by atoms with Gasteiger partial charge in [-0.2, -0.15) is 4.31 Å². The zero-order valence-electron chi connectivity index (χ0n) is 16.8. The zero-order chi connectivity index (χ0) is 20.4. The Morgan fingerprint density at radius 2 is 1.72 bits per heavy atom. The number of carbonyl (C=O) groups is 1. The van der Waals surface area contributed by atoms with Crippen molar-refractivity contribution < 1.29 is 13.2 Å². The van der Waals surface area contributed by atoms with Crippen molar-refractivity contribution in [3.8, 4) is 0 Å². The van der Waals surface area contributed by atoms with Crippen molar-refractivity contribution in [3.63, 3.8) is 0 Å². The first-order valence-electron chi connectivity index (χ1n) is 10.3. The van der Waals surface area contributed by atoms with Crippen LogP contribution in [0.15, 0.2) is 41.6 Å². The summed E-state index contributed by atoms with van der Waals surface area (Å²) in [6, 6.07) is 6.42. The molecule has 1 aromatic carbocycles. The van der Waals surface area contributed by atoms with Gasteiger partial charge in [0.25, 0.3) is 5.91 Å². The van der Waals surface area contributed by atoms with Gasteiger partial charge in [0.05, 0.1) is 4.90 Å². The summed E-state index contributed by atoms with van der Waals surface area (Å²) >= 11 is 0. The van der Waals surface area contributed by atoms with Crippen molar-refractivity contribution in [2.24, 2.45) is 5.92 Å². The highest BCUT2D eigenvalue weighted by molar-refractivity contribution is 7.89. The minimum absolute atomic E-state index is 0.0209. The highest BCUT2D eigenvalue weighted by Gasteiger charge is 2.28. The summed E-state index contributed by atoms with van der Waals surface area (Å²) in [6.07, 6.45) is 7.57. The molecule has 1 amide bonds. The predicted molar refractivity (Wildman–Crippen MR) is 110 cm³/mol. The molecule has 4 rings (SSSR count). The number of amides is 1. The fourth-order valence-electron chi connectivity index (χ4n) is 4.22. The lowest BCUT2D eigenvalue weighted by Gasteiger charge is -2.32. The van der Waals surface area contributed by atoms with E-state index >= 15 is 0 Å². The van der Waals surface area contributed by atoms with E-state index in [2.05, 4.69) is 9.55 Å². The molecule has 0 aliphatic carbocycles. The van der Waals surface area contributed by atoms with Gasteiger partial charge in [-0.1, -0.05) is 0 Å². The topological polar surface area (TPSA) is 75.5 Å². The molecule has 0 spiro atoms. The summed E-state index contributed by atoms with van der Waals surface area (Å²) < 4.78 is 29.0. The fraction of sp³-hybridized carbons (Fsp3) is 0.524. The Balaban J connectivity index is 1.36. The number of sulfonamides is 1. The Labute approximate surface area is 172 Å². The first-order valence-corrected chi connectivity index (χ1v) is 11.8. The first-order chi connectivity index (χ1) is 13.9. The van der Waals surface area contributed by atoms with Crippen LogP contribution in [0.25, 0.3) is 0 Å². The summed E-state index contributed by atoms with van der Waals surface area (Å²) in [7, 11) is -3.44. The molecule has 7 nitrogen and oxygen atoms in total. The number of benzene rings is 1. The highest BCUT2D eigenvalue weighted by atomic mass is 32.2. The Kier molecular flexibility index (Phi) is 5.74. The van der Waals surface area contributed by atoms with Gasteiger partial charge in [-0.05, 0) is 62.8 Å². The maximum atomic E-state index is 12.8. The van der Waals surface area contributed by atoms with Gasteiger partial charge in [-0.3, -0.25) is 4.79 Å². The standard InChI is InChI=1S/C21H28N4O3S/c1-17-22-10-15-24(17)16-18-8-13-23(14-9-18)21(26)19-4-6-20(7-5-19)29(27,28)25-11-2-3-12-25/h4-7,10,15,18H,2-3,8-9,11-14,16H2,1H3. The van der Waals surface area contributed by atoms with E-state index in [1.807, 2.05) is 24.2 Å². The molecule has 1 aromatic heterocycles. The smallest absolute Gasteiger partial charge is 0.253 e. The summed E-state index contributed by atoms with van der Waals surface area (Å²) in [5.41, 5.74) is 0.550. The average Bonchev–Trinajstić information content (AvgIpc) is 3.41. The van der Waals surface area contributed by atoms with Crippen molar-refractivity contribution in [2.75, 3.05) is 26.2 Å². The van der Waals surface area contributed by atoms with Crippen LogP contribution in [0.3, 0.4) is 0 Å². The second-order valence-electron chi connectivity index (χ2n) is 8.00. The SMILES string of the molecule is Cc1nccn1CC1CCN(C(=O)c2ccc(S(=O)(=O)N3CCCC3)cc2)CC1. The van der Waals surface area contributed by atoms with Gasteiger partial charge in [-0.15, -0.1) is 0 Å². The highest BCUT2D eigenvalue weighted by Crippen LogP contribution is 2.24. The Morgan fingerprint density at radius 3 is 2.31 bits per heavy atom. The van der Waals surface area contributed by atoms with Gasteiger partial charge in [0.15, 0.2) is 0 Å². The molecule has 29 heavy (non-hydrogen) atoms. The third-order valence-corrected chi connectivity index (χ3v) is 8.00.